The summed E-state index contributed by atoms with van der Waals surface area (Å²) in [6.45, 7) is 2.30. The zero-order valence-electron chi connectivity index (χ0n) is 17.0. The first kappa shape index (κ1) is 18.2. The van der Waals surface area contributed by atoms with E-state index in [1.54, 1.807) is 0 Å². The lowest BCUT2D eigenvalue weighted by Gasteiger charge is -2.20. The lowest BCUT2D eigenvalue weighted by molar-refractivity contribution is 0.618. The molecule has 1 unspecified atom stereocenters. The molecule has 1 atom stereocenters. The summed E-state index contributed by atoms with van der Waals surface area (Å²) < 4.78 is 1.24. The Kier molecular flexibility index (Phi) is 4.21. The van der Waals surface area contributed by atoms with Gasteiger partial charge < -0.3 is 0 Å². The molecule has 0 heterocycles. The summed E-state index contributed by atoms with van der Waals surface area (Å²) in [5.41, 5.74) is 10.2. The van der Waals surface area contributed by atoms with Crippen LogP contribution in [0, 0.1) is 0 Å². The van der Waals surface area contributed by atoms with Gasteiger partial charge in [0.1, 0.15) is 0 Å². The van der Waals surface area contributed by atoms with Crippen molar-refractivity contribution in [3.8, 4) is 11.1 Å². The van der Waals surface area contributed by atoms with Gasteiger partial charge in [-0.3, -0.25) is 0 Å². The second kappa shape index (κ2) is 6.96. The van der Waals surface area contributed by atoms with E-state index in [1.165, 1.54) is 67.0 Å². The van der Waals surface area contributed by atoms with Crippen molar-refractivity contribution in [3.63, 3.8) is 0 Å². The zero-order chi connectivity index (χ0) is 20.2. The predicted octanol–water partition coefficient (Wildman–Crippen LogP) is 8.70. The highest BCUT2D eigenvalue weighted by Gasteiger charge is 2.31. The highest BCUT2D eigenvalue weighted by atomic mass is 79.9. The maximum Gasteiger partial charge on any atom is 0.0329 e. The fraction of sp³-hybridized carbons (Fsp3) is 0.172. The average molecular weight is 451 g/mol. The molecule has 2 aliphatic rings. The average Bonchev–Trinajstić information content (AvgIpc) is 3.27. The SMILES string of the molecule is CC1=Cc2c(cc3ccccc3c2Br)C1CCC1c2ccccc2-c2ccccc21. The van der Waals surface area contributed by atoms with Crippen molar-refractivity contribution >= 4 is 32.8 Å². The van der Waals surface area contributed by atoms with Crippen molar-refractivity contribution in [1.82, 2.24) is 0 Å². The first-order valence-corrected chi connectivity index (χ1v) is 11.6. The number of fused-ring (bicyclic) bond motifs is 5. The van der Waals surface area contributed by atoms with E-state index in [-0.39, 0.29) is 0 Å². The molecule has 0 bridgehead atoms. The number of benzene rings is 4. The summed E-state index contributed by atoms with van der Waals surface area (Å²) in [4.78, 5) is 0. The minimum atomic E-state index is 0.498. The molecule has 0 spiro atoms. The third kappa shape index (κ3) is 2.65. The number of halogens is 1. The highest BCUT2D eigenvalue weighted by Crippen LogP contribution is 2.50. The van der Waals surface area contributed by atoms with Crippen LogP contribution in [-0.4, -0.2) is 0 Å². The van der Waals surface area contributed by atoms with Gasteiger partial charge in [-0.15, -0.1) is 0 Å². The predicted molar refractivity (Wildman–Crippen MR) is 131 cm³/mol. The summed E-state index contributed by atoms with van der Waals surface area (Å²) in [5, 5.41) is 2.63. The first-order valence-electron chi connectivity index (χ1n) is 10.8. The number of hydrogen-bond donors (Lipinski definition) is 0. The van der Waals surface area contributed by atoms with E-state index in [9.17, 15) is 0 Å². The second-order valence-electron chi connectivity index (χ2n) is 8.66. The monoisotopic (exact) mass is 450 g/mol. The molecule has 2 aliphatic carbocycles. The van der Waals surface area contributed by atoms with Crippen LogP contribution in [-0.2, 0) is 0 Å². The van der Waals surface area contributed by atoms with E-state index in [0.29, 0.717) is 11.8 Å². The van der Waals surface area contributed by atoms with Gasteiger partial charge in [-0.2, -0.15) is 0 Å². The molecule has 30 heavy (non-hydrogen) atoms. The van der Waals surface area contributed by atoms with Gasteiger partial charge in [-0.1, -0.05) is 84.4 Å². The van der Waals surface area contributed by atoms with Gasteiger partial charge in [-0.05, 0) is 85.9 Å². The molecule has 1 heteroatoms. The standard InChI is InChI=1S/C29H23Br/c1-18-16-28-27(17-19-8-2-3-9-21(19)29(28)30)20(18)14-15-26-24-12-6-4-10-22(24)23-11-5-7-13-25(23)26/h2-13,16-17,20,26H,14-15H2,1H3. The smallest absolute Gasteiger partial charge is 0.0329 e. The van der Waals surface area contributed by atoms with Crippen LogP contribution in [0.2, 0.25) is 0 Å². The molecular weight excluding hydrogens is 428 g/mol. The Bertz CT molecular complexity index is 1280. The molecule has 0 aliphatic heterocycles. The van der Waals surface area contributed by atoms with Crippen molar-refractivity contribution in [3.05, 3.63) is 111 Å². The maximum absolute atomic E-state index is 3.90. The summed E-state index contributed by atoms with van der Waals surface area (Å²) in [5.74, 6) is 0.999. The van der Waals surface area contributed by atoms with Crippen LogP contribution < -0.4 is 0 Å². The van der Waals surface area contributed by atoms with Crippen molar-refractivity contribution in [2.45, 2.75) is 31.6 Å². The lowest BCUT2D eigenvalue weighted by atomic mass is 9.84. The fourth-order valence-corrected chi connectivity index (χ4v) is 6.34. The fourth-order valence-electron chi connectivity index (χ4n) is 5.64. The van der Waals surface area contributed by atoms with Gasteiger partial charge in [0.05, 0.1) is 0 Å². The van der Waals surface area contributed by atoms with Gasteiger partial charge in [0.25, 0.3) is 0 Å². The molecule has 0 saturated heterocycles. The van der Waals surface area contributed by atoms with Crippen LogP contribution in [0.4, 0.5) is 0 Å². The molecule has 0 nitrogen and oxygen atoms in total. The summed E-state index contributed by atoms with van der Waals surface area (Å²) in [6, 6.07) is 29.1. The van der Waals surface area contributed by atoms with E-state index in [2.05, 4.69) is 108 Å². The molecule has 0 N–H and O–H groups in total. The Morgan fingerprint density at radius 1 is 0.700 bits per heavy atom. The molecule has 0 fully saturated rings. The van der Waals surface area contributed by atoms with Crippen molar-refractivity contribution in [2.24, 2.45) is 0 Å². The Hall–Kier alpha value is -2.64. The Morgan fingerprint density at radius 2 is 1.30 bits per heavy atom. The van der Waals surface area contributed by atoms with Crippen LogP contribution in [0.3, 0.4) is 0 Å². The van der Waals surface area contributed by atoms with E-state index < -0.39 is 0 Å². The molecule has 0 amide bonds. The van der Waals surface area contributed by atoms with Crippen LogP contribution >= 0.6 is 15.9 Å². The summed E-state index contributed by atoms with van der Waals surface area (Å²) in [6.07, 6.45) is 4.74. The quantitative estimate of drug-likeness (QED) is 0.292. The molecule has 0 saturated carbocycles. The van der Waals surface area contributed by atoms with E-state index >= 15 is 0 Å². The Morgan fingerprint density at radius 3 is 2.03 bits per heavy atom. The molecular formula is C29H23Br. The van der Waals surface area contributed by atoms with E-state index in [1.807, 2.05) is 0 Å². The summed E-state index contributed by atoms with van der Waals surface area (Å²) >= 11 is 3.90. The topological polar surface area (TPSA) is 0 Å². The van der Waals surface area contributed by atoms with Gasteiger partial charge in [0.15, 0.2) is 0 Å². The third-order valence-corrected chi connectivity index (χ3v) is 7.91. The van der Waals surface area contributed by atoms with Crippen LogP contribution in [0.1, 0.15) is 53.9 Å². The third-order valence-electron chi connectivity index (χ3n) is 7.06. The number of rotatable bonds is 3. The van der Waals surface area contributed by atoms with Crippen molar-refractivity contribution < 1.29 is 0 Å². The Balaban J connectivity index is 1.37. The minimum Gasteiger partial charge on any atom is -0.0652 e. The van der Waals surface area contributed by atoms with Gasteiger partial charge >= 0.3 is 0 Å². The molecule has 146 valence electrons. The Labute approximate surface area is 186 Å². The van der Waals surface area contributed by atoms with Crippen molar-refractivity contribution in [1.29, 1.82) is 0 Å². The molecule has 0 radical (unpaired) electrons. The normalized spacial score (nSPS) is 17.0. The summed E-state index contributed by atoms with van der Waals surface area (Å²) in [7, 11) is 0. The number of hydrogen-bond acceptors (Lipinski definition) is 0. The number of allylic oxidation sites excluding steroid dienone is 1. The van der Waals surface area contributed by atoms with Gasteiger partial charge in [0, 0.05) is 16.3 Å². The first-order chi connectivity index (χ1) is 14.7. The zero-order valence-corrected chi connectivity index (χ0v) is 18.6. The maximum atomic E-state index is 3.90. The van der Waals surface area contributed by atoms with Crippen molar-refractivity contribution in [2.75, 3.05) is 0 Å². The van der Waals surface area contributed by atoms with Crippen LogP contribution in [0.5, 0.6) is 0 Å². The van der Waals surface area contributed by atoms with Crippen LogP contribution in [0.25, 0.3) is 28.0 Å². The minimum absolute atomic E-state index is 0.498. The molecule has 0 aromatic heterocycles. The second-order valence-corrected chi connectivity index (χ2v) is 9.45. The van der Waals surface area contributed by atoms with E-state index in [4.69, 9.17) is 0 Å². The molecule has 4 aromatic rings. The molecule has 6 rings (SSSR count). The highest BCUT2D eigenvalue weighted by molar-refractivity contribution is 9.10. The van der Waals surface area contributed by atoms with Gasteiger partial charge in [-0.25, -0.2) is 0 Å². The molecule has 4 aromatic carbocycles. The van der Waals surface area contributed by atoms with E-state index in [0.717, 1.165) is 0 Å². The lowest BCUT2D eigenvalue weighted by Crippen LogP contribution is -2.03. The largest absolute Gasteiger partial charge is 0.0652 e. The van der Waals surface area contributed by atoms with Crippen LogP contribution in [0.15, 0.2) is 88.9 Å². The van der Waals surface area contributed by atoms with Gasteiger partial charge in [0.2, 0.25) is 0 Å².